The zero-order valence-electron chi connectivity index (χ0n) is 43.6. The number of aliphatic imine (C=N–C) groups is 1. The van der Waals surface area contributed by atoms with Gasteiger partial charge in [0.1, 0.15) is 35.9 Å². The zero-order valence-corrected chi connectivity index (χ0v) is 43.6. The average Bonchev–Trinajstić information content (AvgIpc) is 3.79. The number of nitrogens with two attached hydrogens (primary N) is 2. The normalized spacial score (nSPS) is 23.4. The van der Waals surface area contributed by atoms with E-state index in [1.165, 1.54) is 27.0 Å². The van der Waals surface area contributed by atoms with E-state index in [9.17, 15) is 53.4 Å². The second-order valence-electron chi connectivity index (χ2n) is 18.7. The number of H-pyrrole nitrogens is 1. The van der Waals surface area contributed by atoms with Crippen molar-refractivity contribution >= 4 is 70.2 Å². The fraction of sp³-hybridized carbons (Fsp3) is 0.434. The lowest BCUT2D eigenvalue weighted by molar-refractivity contribution is -0.144. The molecule has 1 saturated heterocycles. The molecule has 76 heavy (non-hydrogen) atoms. The number of hydrogen-bond acceptors (Lipinski definition) is 11. The third-order valence-electron chi connectivity index (χ3n) is 12.9. The van der Waals surface area contributed by atoms with Crippen LogP contribution in [0, 0.1) is 11.8 Å². The van der Waals surface area contributed by atoms with Gasteiger partial charge < -0.3 is 68.2 Å². The smallest absolute Gasteiger partial charge is 0.326 e. The van der Waals surface area contributed by atoms with E-state index in [-0.39, 0.29) is 43.8 Å². The van der Waals surface area contributed by atoms with Crippen LogP contribution in [0.1, 0.15) is 70.9 Å². The van der Waals surface area contributed by atoms with E-state index in [0.29, 0.717) is 28.5 Å². The molecule has 0 saturated carbocycles. The number of amides is 7. The Morgan fingerprint density at radius 2 is 1.50 bits per heavy atom. The summed E-state index contributed by atoms with van der Waals surface area (Å²) in [5, 5.41) is 36.3. The number of carboxylic acids is 2. The largest absolute Gasteiger partial charge is 0.480 e. The number of carbonyl (C=O) groups is 9. The Bertz CT molecular complexity index is 2680. The average molecular weight is 1050 g/mol. The number of rotatable bonds is 15. The molecule has 1 aliphatic rings. The molecule has 0 radical (unpaired) electrons. The van der Waals surface area contributed by atoms with Gasteiger partial charge in [-0.3, -0.25) is 38.6 Å². The van der Waals surface area contributed by atoms with Gasteiger partial charge in [-0.1, -0.05) is 92.8 Å². The predicted molar refractivity (Wildman–Crippen MR) is 282 cm³/mol. The molecule has 4 rings (SSSR count). The van der Waals surface area contributed by atoms with E-state index in [2.05, 4.69) is 48.5 Å². The predicted octanol–water partition coefficient (Wildman–Crippen LogP) is 1.05. The number of methoxy groups -OCH3 is 1. The van der Waals surface area contributed by atoms with Crippen LogP contribution in [-0.4, -0.2) is 142 Å². The molecule has 13 N–H and O–H groups in total. The van der Waals surface area contributed by atoms with Gasteiger partial charge in [-0.05, 0) is 56.7 Å². The van der Waals surface area contributed by atoms with Gasteiger partial charge in [0.25, 0.3) is 5.91 Å². The van der Waals surface area contributed by atoms with Gasteiger partial charge in [0, 0.05) is 56.6 Å². The minimum Gasteiger partial charge on any atom is -0.480 e. The van der Waals surface area contributed by atoms with Crippen LogP contribution in [0.2, 0.25) is 0 Å². The van der Waals surface area contributed by atoms with Crippen molar-refractivity contribution in [3.63, 3.8) is 0 Å². The molecule has 0 aliphatic carbocycles. The number of aromatic nitrogens is 1. The Labute approximate surface area is 440 Å². The molecule has 9 unspecified atom stereocenters. The number of aliphatic carboxylic acids is 2. The molecule has 0 spiro atoms. The Hall–Kier alpha value is -8.34. The maximum absolute atomic E-state index is 14.4. The van der Waals surface area contributed by atoms with Crippen molar-refractivity contribution < 1.29 is 58.1 Å². The summed E-state index contributed by atoms with van der Waals surface area (Å²) in [5.41, 5.74) is 13.6. The molecule has 0 bridgehead atoms. The highest BCUT2D eigenvalue weighted by atomic mass is 16.5. The van der Waals surface area contributed by atoms with Crippen LogP contribution < -0.4 is 43.4 Å². The molecule has 7 amide bonds. The van der Waals surface area contributed by atoms with Crippen LogP contribution in [0.15, 0.2) is 102 Å². The molecule has 410 valence electrons. The number of benzene rings is 2. The SMILES string of the molecule is C=C1C(=O)NC(C)C(=O)NC(Cc2c[nH]c3ccccc23)C(=O)NC(C(=O)O)CC(=O)NC(CCCN=C(N)N)C(=O)NC(C=CC(C)=CC(C)C(Cc2ccccc2)OC)C(C)C(=O)NC(C(=O)O)CCC(=O)N1C. The molecule has 2 aromatic carbocycles. The fourth-order valence-corrected chi connectivity index (χ4v) is 8.29. The van der Waals surface area contributed by atoms with Crippen molar-refractivity contribution in [2.75, 3.05) is 20.7 Å². The first-order valence-corrected chi connectivity index (χ1v) is 24.8. The summed E-state index contributed by atoms with van der Waals surface area (Å²) < 4.78 is 5.82. The lowest BCUT2D eigenvalue weighted by atomic mass is 9.94. The fourth-order valence-electron chi connectivity index (χ4n) is 8.29. The molecular weight excluding hydrogens is 983 g/mol. The maximum Gasteiger partial charge on any atom is 0.326 e. The van der Waals surface area contributed by atoms with Crippen molar-refractivity contribution in [3.8, 4) is 0 Å². The number of ether oxygens (including phenoxy) is 1. The van der Waals surface area contributed by atoms with Gasteiger partial charge >= 0.3 is 11.9 Å². The maximum atomic E-state index is 14.4. The quantitative estimate of drug-likeness (QED) is 0.0333. The van der Waals surface area contributed by atoms with Crippen molar-refractivity contribution in [3.05, 3.63) is 108 Å². The number of hydrogen-bond donors (Lipinski definition) is 11. The number of carbonyl (C=O) groups excluding carboxylic acids is 7. The van der Waals surface area contributed by atoms with E-state index in [0.717, 1.165) is 10.5 Å². The van der Waals surface area contributed by atoms with E-state index in [4.69, 9.17) is 16.2 Å². The van der Waals surface area contributed by atoms with E-state index >= 15 is 0 Å². The molecule has 3 aromatic rings. The number of guanidine groups is 1. The minimum absolute atomic E-state index is 0.0155. The van der Waals surface area contributed by atoms with Crippen LogP contribution in [0.3, 0.4) is 0 Å². The Morgan fingerprint density at radius 3 is 2.16 bits per heavy atom. The highest BCUT2D eigenvalue weighted by molar-refractivity contribution is 6.00. The van der Waals surface area contributed by atoms with E-state index in [1.807, 2.05) is 43.3 Å². The molecule has 1 aliphatic heterocycles. The summed E-state index contributed by atoms with van der Waals surface area (Å²) in [7, 11) is 2.82. The Morgan fingerprint density at radius 1 is 0.855 bits per heavy atom. The lowest BCUT2D eigenvalue weighted by Crippen LogP contribution is -2.57. The second kappa shape index (κ2) is 28.9. The number of likely N-dealkylation sites (N-methyl/N-ethyl adjacent to an activating group) is 1. The number of carboxylic acid groups (broad SMARTS) is 2. The second-order valence-corrected chi connectivity index (χ2v) is 18.7. The topological polar surface area (TPSA) is 359 Å². The molecule has 23 nitrogen and oxygen atoms in total. The van der Waals surface area contributed by atoms with Gasteiger partial charge in [0.05, 0.1) is 24.5 Å². The van der Waals surface area contributed by atoms with Crippen molar-refractivity contribution in [2.45, 2.75) is 115 Å². The van der Waals surface area contributed by atoms with Gasteiger partial charge in [0.15, 0.2) is 5.96 Å². The molecule has 1 fully saturated rings. The summed E-state index contributed by atoms with van der Waals surface area (Å²) in [4.78, 5) is 130. The van der Waals surface area contributed by atoms with Crippen LogP contribution >= 0.6 is 0 Å². The zero-order chi connectivity index (χ0) is 56.2. The van der Waals surface area contributed by atoms with Gasteiger partial charge in [-0.25, -0.2) is 9.59 Å². The number of fused-ring (bicyclic) bond motifs is 1. The standard InChI is InChI=1S/C53H71N11O12/c1-29(24-30(2)43(76-7)25-34-14-9-8-10-15-34)19-20-37-31(3)46(67)61-40(51(72)73)21-22-45(66)64(6)33(5)48(69)58-32(4)47(68)62-41(26-35-28-57-38-17-12-11-16-36(35)38)50(71)63-42(52(74)75)27-44(65)59-39(49(70)60-37)18-13-23-56-53(54)55/h8-12,14-17,19-20,24,28,30-32,37,39-43,57H,5,13,18,21-23,25-27H2,1-4,6-7H3,(H,58,69)(H,59,65)(H,60,70)(H,61,67)(H,62,68)(H,63,71)(H,72,73)(H,74,75)(H4,54,55,56). The van der Waals surface area contributed by atoms with Crippen LogP contribution in [-0.2, 0) is 60.7 Å². The monoisotopic (exact) mass is 1050 g/mol. The van der Waals surface area contributed by atoms with E-state index in [1.54, 1.807) is 50.6 Å². The first-order chi connectivity index (χ1) is 36.0. The number of para-hydroxylation sites is 1. The number of nitrogens with zero attached hydrogens (tertiary/aromatic N) is 2. The molecule has 23 heteroatoms. The number of allylic oxidation sites excluding steroid dienone is 2. The van der Waals surface area contributed by atoms with E-state index < -0.39 is 120 Å². The first kappa shape index (κ1) is 60.2. The Balaban J connectivity index is 1.75. The molecular formula is C53H71N11O12. The van der Waals surface area contributed by atoms with Crippen LogP contribution in [0.5, 0.6) is 0 Å². The van der Waals surface area contributed by atoms with Crippen molar-refractivity contribution in [1.29, 1.82) is 0 Å². The van der Waals surface area contributed by atoms with Gasteiger partial charge in [0.2, 0.25) is 35.4 Å². The lowest BCUT2D eigenvalue weighted by Gasteiger charge is -2.27. The highest BCUT2D eigenvalue weighted by Crippen LogP contribution is 2.21. The number of aromatic amines is 1. The number of nitrogens with one attached hydrogen (secondary N) is 7. The van der Waals surface area contributed by atoms with Crippen molar-refractivity contribution in [1.82, 2.24) is 41.8 Å². The van der Waals surface area contributed by atoms with Crippen molar-refractivity contribution in [2.24, 2.45) is 28.3 Å². The summed E-state index contributed by atoms with van der Waals surface area (Å²) in [6.07, 6.45) is 5.08. The summed E-state index contributed by atoms with van der Waals surface area (Å²) >= 11 is 0. The third-order valence-corrected chi connectivity index (χ3v) is 12.9. The summed E-state index contributed by atoms with van der Waals surface area (Å²) in [6.45, 7) is 10.2. The van der Waals surface area contributed by atoms with Gasteiger partial charge in [-0.15, -0.1) is 0 Å². The highest BCUT2D eigenvalue weighted by Gasteiger charge is 2.34. The minimum atomic E-state index is -1.91. The molecule has 9 atom stereocenters. The summed E-state index contributed by atoms with van der Waals surface area (Å²) in [5.74, 6) is -11.0. The third kappa shape index (κ3) is 18.2. The Kier molecular flexibility index (Phi) is 22.9. The van der Waals surface area contributed by atoms with Crippen LogP contribution in [0.25, 0.3) is 10.9 Å². The van der Waals surface area contributed by atoms with Crippen LogP contribution in [0.4, 0.5) is 0 Å². The first-order valence-electron chi connectivity index (χ1n) is 24.8. The molecule has 1 aromatic heterocycles. The summed E-state index contributed by atoms with van der Waals surface area (Å²) in [6, 6.07) is 7.82. The van der Waals surface area contributed by atoms with Gasteiger partial charge in [-0.2, -0.15) is 0 Å². The molecule has 2 heterocycles.